The molecule has 7 nitrogen and oxygen atoms in total. The molecule has 2 radical (unpaired) electrons. The Bertz CT molecular complexity index is 3700. The summed E-state index contributed by atoms with van der Waals surface area (Å²) in [5.74, 6) is -1.24. The fourth-order valence-corrected chi connectivity index (χ4v) is 7.51. The number of benzene rings is 6. The molecule has 14 heteroatoms. The molecule has 86 heavy (non-hydrogen) atoms. The van der Waals surface area contributed by atoms with Crippen molar-refractivity contribution in [1.29, 1.82) is 0 Å². The minimum absolute atomic E-state index is 0. The average Bonchev–Trinajstić information content (AvgIpc) is 2.99. The quantitative estimate of drug-likeness (QED) is 0.120. The zero-order valence-electron chi connectivity index (χ0n) is 47.9. The van der Waals surface area contributed by atoms with Crippen molar-refractivity contribution in [2.75, 3.05) is 19.0 Å². The van der Waals surface area contributed by atoms with Gasteiger partial charge in [-0.2, -0.15) is 0 Å². The molecule has 1 N–H and O–H groups in total. The van der Waals surface area contributed by atoms with Crippen LogP contribution in [0.5, 0.6) is 5.75 Å². The van der Waals surface area contributed by atoms with Crippen molar-refractivity contribution in [2.24, 2.45) is 0 Å². The number of para-hydroxylation sites is 1. The second-order valence-electron chi connectivity index (χ2n) is 18.5. The number of nitrogens with zero attached hydrogens (tertiary/aromatic N) is 6. The molecule has 0 unspecified atom stereocenters. The van der Waals surface area contributed by atoms with Crippen LogP contribution < -0.4 is 4.90 Å². The van der Waals surface area contributed by atoms with E-state index in [9.17, 15) is 18.3 Å². The number of pyridine rings is 5. The van der Waals surface area contributed by atoms with Crippen molar-refractivity contribution in [3.05, 3.63) is 315 Å². The molecule has 5 heterocycles. The van der Waals surface area contributed by atoms with Crippen molar-refractivity contribution in [1.82, 2.24) is 24.9 Å². The zero-order chi connectivity index (χ0) is 58.6. The number of aryl methyl sites for hydroxylation is 2. The van der Waals surface area contributed by atoms with Crippen molar-refractivity contribution < 1.29 is 99.7 Å². The molecule has 5 aromatic heterocycles. The van der Waals surface area contributed by atoms with Gasteiger partial charge in [-0.1, -0.05) is 146 Å². The standard InChI is InChI=1S/C16H11N2.C13H12FN2.C12H8F2N.C12H10N.C12H10O.C7H10.3Ir.Pt/c1-3-10-17-15(8-1)13-6-5-7-14(12-13)16-9-2-4-11-18-16;1-16(2)12-7-8-15-13(9-12)10-3-5-11(14)6-4-10;1-8-4-5-15-12(6-8)10-3-2-9(13)7-11(10)14;1-10-5-4-6-11(9-10)12-7-2-3-8-13-12;13-12-9-5-4-8-11(12)10-6-2-1-3-7-10;1-6(2)5-7(3)4;;;;/h1-11H;3,5-9H,1-2H3;2,4-7H,1H3;2-5,7-9H,1H3;1-9,13H;1,5H,3H2,2,4H3;;;;/q4*-1;;-2;;;+3;. The number of phenolic OH excluding ortho intramolecular Hbond substituents is 1. The van der Waals surface area contributed by atoms with Gasteiger partial charge in [0, 0.05) is 146 Å². The van der Waals surface area contributed by atoms with E-state index in [1.54, 1.807) is 49.2 Å². The van der Waals surface area contributed by atoms with Gasteiger partial charge in [0.15, 0.2) is 0 Å². The SMILES string of the molecule is CN(C)c1ccnc(-c2[c-]cc(F)cc2)c1.Cc1cc[c-]c(-c2ccccn2)c1.Cc1ccnc(-c2[c-]cc(F)cc2F)c1.Oc1ccccc1-c1ccccc1.[CH-]=C(C)C=C([CH2-])C.[Ir+3].[Ir].[Ir].[Pt].[c-]1c(-c2ccccn2)cccc1-c1ccccn1. The maximum Gasteiger partial charge on any atom is 3.00 e. The number of phenols is 1. The van der Waals surface area contributed by atoms with E-state index in [1.807, 2.05) is 198 Å². The van der Waals surface area contributed by atoms with Gasteiger partial charge in [-0.25, -0.2) is 24.1 Å². The fraction of sp³-hybridized carbons (Fsp3) is 0.0833. The van der Waals surface area contributed by atoms with Crippen LogP contribution in [0.1, 0.15) is 25.0 Å². The topological polar surface area (TPSA) is 87.9 Å². The third-order valence-electron chi connectivity index (χ3n) is 11.4. The first-order chi connectivity index (χ1) is 39.6. The summed E-state index contributed by atoms with van der Waals surface area (Å²) < 4.78 is 38.8. The van der Waals surface area contributed by atoms with E-state index in [-0.39, 0.29) is 92.8 Å². The van der Waals surface area contributed by atoms with Crippen molar-refractivity contribution in [3.8, 4) is 73.2 Å². The summed E-state index contributed by atoms with van der Waals surface area (Å²) in [4.78, 5) is 23.2. The molecule has 0 atom stereocenters. The number of allylic oxidation sites excluding steroid dienone is 3. The number of anilines is 1. The van der Waals surface area contributed by atoms with Gasteiger partial charge in [-0.05, 0) is 66.0 Å². The summed E-state index contributed by atoms with van der Waals surface area (Å²) >= 11 is 0. The van der Waals surface area contributed by atoms with Gasteiger partial charge in [0.2, 0.25) is 0 Å². The van der Waals surface area contributed by atoms with Gasteiger partial charge in [0.05, 0.1) is 0 Å². The first-order valence-electron chi connectivity index (χ1n) is 25.9. The van der Waals surface area contributed by atoms with Crippen LogP contribution in [0.25, 0.3) is 67.4 Å². The van der Waals surface area contributed by atoms with Crippen LogP contribution in [0, 0.1) is 69.1 Å². The van der Waals surface area contributed by atoms with Crippen LogP contribution in [0.4, 0.5) is 18.9 Å². The monoisotopic (exact) mass is 1860 g/mol. The number of rotatable bonds is 8. The predicted octanol–water partition coefficient (Wildman–Crippen LogP) is 17.6. The number of halogens is 3. The van der Waals surface area contributed by atoms with E-state index in [1.165, 1.54) is 17.7 Å². The molecule has 0 saturated carbocycles. The second kappa shape index (κ2) is 39.9. The normalized spacial score (nSPS) is 9.76. The molecule has 0 aliphatic carbocycles. The van der Waals surface area contributed by atoms with E-state index >= 15 is 0 Å². The van der Waals surface area contributed by atoms with Crippen molar-refractivity contribution >= 4 is 5.69 Å². The van der Waals surface area contributed by atoms with Crippen LogP contribution >= 0.6 is 0 Å². The summed E-state index contributed by atoms with van der Waals surface area (Å²) in [5.41, 5.74) is 15.1. The first-order valence-corrected chi connectivity index (χ1v) is 25.9. The summed E-state index contributed by atoms with van der Waals surface area (Å²) in [6.07, 6.45) is 10.5. The maximum atomic E-state index is 13.4. The van der Waals surface area contributed by atoms with Gasteiger partial charge in [0.1, 0.15) is 5.75 Å². The fourth-order valence-electron chi connectivity index (χ4n) is 7.51. The smallest absolute Gasteiger partial charge is 0.507 e. The van der Waals surface area contributed by atoms with Crippen LogP contribution in [-0.2, 0) is 81.4 Å². The molecule has 11 aromatic rings. The van der Waals surface area contributed by atoms with Crippen LogP contribution in [0.3, 0.4) is 0 Å². The molecular weight excluding hydrogens is 1790 g/mol. The molecule has 6 aromatic carbocycles. The molecule has 0 aliphatic heterocycles. The Hall–Kier alpha value is -7.55. The van der Waals surface area contributed by atoms with Gasteiger partial charge in [0.25, 0.3) is 0 Å². The molecule has 0 aliphatic rings. The maximum absolute atomic E-state index is 13.4. The third kappa shape index (κ3) is 25.6. The van der Waals surface area contributed by atoms with E-state index in [2.05, 4.69) is 69.1 Å². The van der Waals surface area contributed by atoms with E-state index in [0.717, 1.165) is 90.7 Å². The van der Waals surface area contributed by atoms with Gasteiger partial charge < -0.3 is 25.0 Å². The average molecular weight is 1860 g/mol. The Labute approximate surface area is 560 Å². The van der Waals surface area contributed by atoms with Gasteiger partial charge in [-0.15, -0.1) is 102 Å². The minimum Gasteiger partial charge on any atom is -0.507 e. The molecular formula is C72H61F3Ir3N6OPt-3. The Balaban J connectivity index is 0.000000354. The molecule has 0 bridgehead atoms. The number of hydrogen-bond acceptors (Lipinski definition) is 7. The van der Waals surface area contributed by atoms with Gasteiger partial charge in [-0.3, -0.25) is 29.7 Å². The number of hydrogen-bond donors (Lipinski definition) is 1. The van der Waals surface area contributed by atoms with Gasteiger partial charge >= 0.3 is 20.1 Å². The van der Waals surface area contributed by atoms with E-state index < -0.39 is 11.6 Å². The molecule has 0 saturated heterocycles. The molecule has 0 spiro atoms. The van der Waals surface area contributed by atoms with Crippen molar-refractivity contribution in [2.45, 2.75) is 27.7 Å². The number of aromatic hydroxyl groups is 1. The molecule has 11 rings (SSSR count). The Morgan fingerprint density at radius 3 is 1.56 bits per heavy atom. The summed E-state index contributed by atoms with van der Waals surface area (Å²) in [5, 5.41) is 9.56. The second-order valence-corrected chi connectivity index (χ2v) is 18.5. The van der Waals surface area contributed by atoms with Crippen LogP contribution in [0.15, 0.2) is 248 Å². The summed E-state index contributed by atoms with van der Waals surface area (Å²) in [6, 6.07) is 72.5. The molecule has 0 fully saturated rings. The Morgan fingerprint density at radius 2 is 1.06 bits per heavy atom. The summed E-state index contributed by atoms with van der Waals surface area (Å²) in [6.45, 7) is 16.6. The van der Waals surface area contributed by atoms with Crippen LogP contribution in [-0.4, -0.2) is 44.1 Å². The molecule has 446 valence electrons. The zero-order valence-corrected chi connectivity index (χ0v) is 57.3. The number of aromatic nitrogens is 5. The summed E-state index contributed by atoms with van der Waals surface area (Å²) in [7, 11) is 3.93. The predicted molar refractivity (Wildman–Crippen MR) is 327 cm³/mol. The largest absolute Gasteiger partial charge is 3.00 e. The van der Waals surface area contributed by atoms with E-state index in [4.69, 9.17) is 6.58 Å². The van der Waals surface area contributed by atoms with E-state index in [0.29, 0.717) is 11.4 Å². The minimum atomic E-state index is -0.645. The van der Waals surface area contributed by atoms with Crippen LogP contribution in [0.2, 0.25) is 0 Å². The first kappa shape index (κ1) is 74.5. The Morgan fingerprint density at radius 1 is 0.523 bits per heavy atom. The third-order valence-corrected chi connectivity index (χ3v) is 11.4. The molecule has 0 amide bonds. The Kier molecular flexibility index (Phi) is 34.6. The van der Waals surface area contributed by atoms with Crippen molar-refractivity contribution in [3.63, 3.8) is 0 Å².